The number of piperidine rings is 1. The van der Waals surface area contributed by atoms with Crippen molar-refractivity contribution in [3.63, 3.8) is 0 Å². The zero-order valence-corrected chi connectivity index (χ0v) is 17.2. The first-order chi connectivity index (χ1) is 14.8. The Labute approximate surface area is 182 Å². The second-order valence-electron chi connectivity index (χ2n) is 7.66. The molecule has 2 heterocycles. The van der Waals surface area contributed by atoms with E-state index in [1.165, 1.54) is 12.1 Å². The van der Waals surface area contributed by atoms with Crippen LogP contribution in [-0.4, -0.2) is 33.5 Å². The van der Waals surface area contributed by atoms with E-state index in [4.69, 9.17) is 11.6 Å². The smallest absolute Gasteiger partial charge is 0.417 e. The minimum Gasteiger partial charge on any atom is -0.480 e. The second kappa shape index (κ2) is 8.48. The van der Waals surface area contributed by atoms with Gasteiger partial charge in [-0.3, -0.25) is 14.7 Å². The van der Waals surface area contributed by atoms with Crippen molar-refractivity contribution >= 4 is 28.5 Å². The average Bonchev–Trinajstić information content (AvgIpc) is 2.74. The van der Waals surface area contributed by atoms with Gasteiger partial charge in [-0.1, -0.05) is 48.4 Å². The van der Waals surface area contributed by atoms with Crippen LogP contribution >= 0.6 is 11.6 Å². The summed E-state index contributed by atoms with van der Waals surface area (Å²) >= 11 is 5.83. The van der Waals surface area contributed by atoms with Gasteiger partial charge >= 0.3 is 12.1 Å². The van der Waals surface area contributed by atoms with Crippen LogP contribution in [0.3, 0.4) is 0 Å². The molecule has 1 aromatic heterocycles. The van der Waals surface area contributed by atoms with Crippen LogP contribution in [0.2, 0.25) is 5.02 Å². The van der Waals surface area contributed by atoms with Crippen molar-refractivity contribution in [3.05, 3.63) is 76.4 Å². The van der Waals surface area contributed by atoms with Crippen LogP contribution < -0.4 is 0 Å². The lowest BCUT2D eigenvalue weighted by atomic mass is 9.93. The SMILES string of the molecule is O=C(O)C1CCCCN1C(c1ccc(Cl)c(C(F)(F)F)c1)c1ccc2ccccc2n1. The number of nitrogens with zero attached hydrogens (tertiary/aromatic N) is 2. The molecule has 1 aliphatic heterocycles. The standard InChI is InChI=1S/C23H20ClF3N2O2/c24-17-10-8-15(13-16(17)23(25,26)27)21(29-12-4-3-7-20(29)22(30)31)19-11-9-14-5-1-2-6-18(14)28-19/h1-2,5-6,8-11,13,20-21H,3-4,7,12H2,(H,30,31). The molecule has 162 valence electrons. The Balaban J connectivity index is 1.89. The average molecular weight is 449 g/mol. The molecule has 8 heteroatoms. The molecule has 0 radical (unpaired) electrons. The van der Waals surface area contributed by atoms with Crippen molar-refractivity contribution in [2.75, 3.05) is 6.54 Å². The van der Waals surface area contributed by atoms with Crippen LogP contribution in [-0.2, 0) is 11.0 Å². The van der Waals surface area contributed by atoms with Crippen LogP contribution in [0, 0.1) is 0 Å². The lowest BCUT2D eigenvalue weighted by Crippen LogP contribution is -2.47. The molecule has 1 N–H and O–H groups in total. The van der Waals surface area contributed by atoms with Gasteiger partial charge in [0.25, 0.3) is 0 Å². The van der Waals surface area contributed by atoms with E-state index in [9.17, 15) is 23.1 Å². The van der Waals surface area contributed by atoms with E-state index in [0.717, 1.165) is 24.3 Å². The van der Waals surface area contributed by atoms with Gasteiger partial charge < -0.3 is 5.11 Å². The molecule has 4 rings (SSSR count). The van der Waals surface area contributed by atoms with Gasteiger partial charge in [0.15, 0.2) is 0 Å². The highest BCUT2D eigenvalue weighted by atomic mass is 35.5. The maximum Gasteiger partial charge on any atom is 0.417 e. The number of halogens is 4. The van der Waals surface area contributed by atoms with E-state index < -0.39 is 34.8 Å². The number of likely N-dealkylation sites (tertiary alicyclic amines) is 1. The molecule has 3 aromatic rings. The number of carboxylic acids is 1. The highest BCUT2D eigenvalue weighted by Crippen LogP contribution is 2.40. The highest BCUT2D eigenvalue weighted by molar-refractivity contribution is 6.31. The number of alkyl halides is 3. The van der Waals surface area contributed by atoms with E-state index in [2.05, 4.69) is 4.98 Å². The zero-order chi connectivity index (χ0) is 22.2. The molecule has 1 aliphatic rings. The van der Waals surface area contributed by atoms with Crippen molar-refractivity contribution in [2.45, 2.75) is 37.5 Å². The number of aromatic nitrogens is 1. The van der Waals surface area contributed by atoms with Crippen molar-refractivity contribution in [1.29, 1.82) is 0 Å². The maximum atomic E-state index is 13.5. The topological polar surface area (TPSA) is 53.4 Å². The van der Waals surface area contributed by atoms with Gasteiger partial charge in [0.2, 0.25) is 0 Å². The highest BCUT2D eigenvalue weighted by Gasteiger charge is 2.38. The van der Waals surface area contributed by atoms with E-state index in [-0.39, 0.29) is 0 Å². The molecule has 0 aliphatic carbocycles. The summed E-state index contributed by atoms with van der Waals surface area (Å²) in [6.07, 6.45) is -2.69. The fourth-order valence-corrected chi connectivity index (χ4v) is 4.45. The van der Waals surface area contributed by atoms with Crippen LogP contribution in [0.1, 0.15) is 42.1 Å². The Hall–Kier alpha value is -2.64. The van der Waals surface area contributed by atoms with Crippen molar-refractivity contribution in [2.24, 2.45) is 0 Å². The van der Waals surface area contributed by atoms with Crippen molar-refractivity contribution in [3.8, 4) is 0 Å². The van der Waals surface area contributed by atoms with E-state index in [1.54, 1.807) is 11.0 Å². The lowest BCUT2D eigenvalue weighted by Gasteiger charge is -2.39. The molecule has 0 amide bonds. The minimum atomic E-state index is -4.62. The fraction of sp³-hybridized carbons (Fsp3) is 0.304. The Morgan fingerprint density at radius 2 is 1.90 bits per heavy atom. The van der Waals surface area contributed by atoms with Crippen molar-refractivity contribution < 1.29 is 23.1 Å². The second-order valence-corrected chi connectivity index (χ2v) is 8.06. The lowest BCUT2D eigenvalue weighted by molar-refractivity contribution is -0.145. The van der Waals surface area contributed by atoms with E-state index >= 15 is 0 Å². The molecule has 31 heavy (non-hydrogen) atoms. The zero-order valence-electron chi connectivity index (χ0n) is 16.4. The molecule has 1 fully saturated rings. The molecule has 2 unspecified atom stereocenters. The monoisotopic (exact) mass is 448 g/mol. The van der Waals surface area contributed by atoms with Gasteiger partial charge in [-0.25, -0.2) is 0 Å². The molecular formula is C23H20ClF3N2O2. The summed E-state index contributed by atoms with van der Waals surface area (Å²) in [4.78, 5) is 18.4. The first-order valence-corrected chi connectivity index (χ1v) is 10.3. The maximum absolute atomic E-state index is 13.5. The number of fused-ring (bicyclic) bond motifs is 1. The van der Waals surface area contributed by atoms with Gasteiger partial charge in [0, 0.05) is 5.39 Å². The van der Waals surface area contributed by atoms with Gasteiger partial charge in [-0.05, 0) is 49.2 Å². The van der Waals surface area contributed by atoms with E-state index in [1.807, 2.05) is 30.3 Å². The van der Waals surface area contributed by atoms with Crippen LogP contribution in [0.25, 0.3) is 10.9 Å². The third-order valence-corrected chi connectivity index (χ3v) is 6.00. The molecule has 2 atom stereocenters. The Kier molecular flexibility index (Phi) is 5.90. The number of aliphatic carboxylic acids is 1. The quantitative estimate of drug-likeness (QED) is 0.537. The van der Waals surface area contributed by atoms with Gasteiger partial charge in [-0.2, -0.15) is 13.2 Å². The summed E-state index contributed by atoms with van der Waals surface area (Å²) in [5.74, 6) is -0.990. The molecule has 0 spiro atoms. The van der Waals surface area contributed by atoms with Gasteiger partial charge in [-0.15, -0.1) is 0 Å². The van der Waals surface area contributed by atoms with Crippen LogP contribution in [0.5, 0.6) is 0 Å². The summed E-state index contributed by atoms with van der Waals surface area (Å²) in [5.41, 5.74) is 0.565. The first-order valence-electron chi connectivity index (χ1n) is 9.96. The molecule has 0 bridgehead atoms. The van der Waals surface area contributed by atoms with Crippen LogP contribution in [0.15, 0.2) is 54.6 Å². The summed E-state index contributed by atoms with van der Waals surface area (Å²) in [7, 11) is 0. The fourth-order valence-electron chi connectivity index (χ4n) is 4.22. The van der Waals surface area contributed by atoms with Crippen molar-refractivity contribution in [1.82, 2.24) is 9.88 Å². The van der Waals surface area contributed by atoms with Gasteiger partial charge in [0.05, 0.1) is 27.8 Å². The number of benzene rings is 2. The third kappa shape index (κ3) is 4.38. The Bertz CT molecular complexity index is 1120. The number of carboxylic acid groups (broad SMARTS) is 1. The molecule has 2 aromatic carbocycles. The number of hydrogen-bond donors (Lipinski definition) is 1. The van der Waals surface area contributed by atoms with Gasteiger partial charge in [0.1, 0.15) is 6.04 Å². The number of carbonyl (C=O) groups is 1. The number of pyridine rings is 1. The Morgan fingerprint density at radius 1 is 1.13 bits per heavy atom. The molecule has 4 nitrogen and oxygen atoms in total. The minimum absolute atomic E-state index is 0.313. The normalized spacial score (nSPS) is 18.8. The summed E-state index contributed by atoms with van der Waals surface area (Å²) < 4.78 is 40.6. The number of hydrogen-bond acceptors (Lipinski definition) is 3. The Morgan fingerprint density at radius 3 is 2.65 bits per heavy atom. The first kappa shape index (κ1) is 21.6. The third-order valence-electron chi connectivity index (χ3n) is 5.67. The summed E-state index contributed by atoms with van der Waals surface area (Å²) in [6.45, 7) is 0.445. The molecular weight excluding hydrogens is 429 g/mol. The summed E-state index contributed by atoms with van der Waals surface area (Å²) in [5, 5.41) is 10.3. The van der Waals surface area contributed by atoms with Crippen LogP contribution in [0.4, 0.5) is 13.2 Å². The molecule has 1 saturated heterocycles. The molecule has 0 saturated carbocycles. The predicted molar refractivity (Wildman–Crippen MR) is 112 cm³/mol. The number of para-hydroxylation sites is 1. The van der Waals surface area contributed by atoms with E-state index in [0.29, 0.717) is 29.7 Å². The predicted octanol–water partition coefficient (Wildman–Crippen LogP) is 5.94. The number of rotatable bonds is 4. The largest absolute Gasteiger partial charge is 0.480 e. The summed E-state index contributed by atoms with van der Waals surface area (Å²) in [6, 6.07) is 13.2.